The van der Waals surface area contributed by atoms with Crippen LogP contribution in [0, 0.1) is 0 Å². The molecule has 4 rings (SSSR count). The number of carbonyl (C=O) groups excluding carboxylic acids is 2. The van der Waals surface area contributed by atoms with E-state index in [1.54, 1.807) is 0 Å². The number of benzene rings is 2. The van der Waals surface area contributed by atoms with E-state index < -0.39 is 0 Å². The van der Waals surface area contributed by atoms with Crippen LogP contribution in [0.15, 0.2) is 53.4 Å². The second kappa shape index (κ2) is 7.54. The molecule has 1 N–H and O–H groups in total. The van der Waals surface area contributed by atoms with Crippen molar-refractivity contribution < 1.29 is 9.59 Å². The topological polar surface area (TPSA) is 49.4 Å². The van der Waals surface area contributed by atoms with Gasteiger partial charge >= 0.3 is 0 Å². The van der Waals surface area contributed by atoms with Crippen LogP contribution in [0.2, 0.25) is 0 Å². The lowest BCUT2D eigenvalue weighted by Gasteiger charge is -2.26. The van der Waals surface area contributed by atoms with Crippen LogP contribution in [0.4, 0.5) is 5.69 Å². The summed E-state index contributed by atoms with van der Waals surface area (Å²) in [6.07, 6.45) is 2.87. The van der Waals surface area contributed by atoms with E-state index in [0.717, 1.165) is 36.4 Å². The molecular weight excluding hydrogens is 344 g/mol. The van der Waals surface area contributed by atoms with Crippen molar-refractivity contribution in [2.75, 3.05) is 17.2 Å². The van der Waals surface area contributed by atoms with Gasteiger partial charge in [0, 0.05) is 29.3 Å². The predicted octanol–water partition coefficient (Wildman–Crippen LogP) is 3.71. The number of nitrogens with zero attached hydrogens (tertiary/aromatic N) is 1. The number of hydrogen-bond acceptors (Lipinski definition) is 3. The van der Waals surface area contributed by atoms with Crippen molar-refractivity contribution in [3.8, 4) is 0 Å². The quantitative estimate of drug-likeness (QED) is 0.897. The fraction of sp³-hybridized carbons (Fsp3) is 0.333. The second-order valence-electron chi connectivity index (χ2n) is 6.79. The first kappa shape index (κ1) is 17.2. The molecule has 2 aliphatic rings. The summed E-state index contributed by atoms with van der Waals surface area (Å²) in [5, 5.41) is 3.18. The van der Waals surface area contributed by atoms with E-state index in [2.05, 4.69) is 17.4 Å². The summed E-state index contributed by atoms with van der Waals surface area (Å²) >= 11 is 1.85. The molecule has 0 unspecified atom stereocenters. The zero-order valence-electron chi connectivity index (χ0n) is 14.6. The van der Waals surface area contributed by atoms with Gasteiger partial charge in [0.2, 0.25) is 11.8 Å². The second-order valence-corrected chi connectivity index (χ2v) is 7.92. The number of nitrogens with one attached hydrogen (secondary N) is 1. The van der Waals surface area contributed by atoms with Gasteiger partial charge in [0.25, 0.3) is 0 Å². The Morgan fingerprint density at radius 3 is 2.73 bits per heavy atom. The Bertz CT molecular complexity index is 819. The van der Waals surface area contributed by atoms with Crippen LogP contribution in [-0.2, 0) is 16.0 Å². The lowest BCUT2D eigenvalue weighted by molar-refractivity contribution is -0.121. The summed E-state index contributed by atoms with van der Waals surface area (Å²) in [5.74, 6) is 1.26. The van der Waals surface area contributed by atoms with Crippen molar-refractivity contribution in [1.29, 1.82) is 0 Å². The maximum absolute atomic E-state index is 12.5. The van der Waals surface area contributed by atoms with Gasteiger partial charge in [-0.05, 0) is 42.2 Å². The largest absolute Gasteiger partial charge is 0.349 e. The third-order valence-electron chi connectivity index (χ3n) is 4.98. The monoisotopic (exact) mass is 366 g/mol. The molecule has 1 fully saturated rings. The molecule has 0 aliphatic carbocycles. The van der Waals surface area contributed by atoms with Gasteiger partial charge in [-0.15, -0.1) is 11.8 Å². The first-order valence-electron chi connectivity index (χ1n) is 9.11. The molecule has 26 heavy (non-hydrogen) atoms. The Hall–Kier alpha value is -2.27. The molecule has 4 nitrogen and oxygen atoms in total. The highest BCUT2D eigenvalue weighted by Crippen LogP contribution is 2.35. The normalized spacial score (nSPS) is 19.3. The van der Waals surface area contributed by atoms with E-state index in [9.17, 15) is 9.59 Å². The summed E-state index contributed by atoms with van der Waals surface area (Å²) in [4.78, 5) is 27.4. The van der Waals surface area contributed by atoms with Gasteiger partial charge in [-0.1, -0.05) is 30.3 Å². The smallest absolute Gasteiger partial charge is 0.227 e. The molecule has 0 aromatic heterocycles. The molecule has 2 aromatic carbocycles. The third kappa shape index (κ3) is 3.63. The summed E-state index contributed by atoms with van der Waals surface area (Å²) in [6, 6.07) is 16.2. The minimum absolute atomic E-state index is 0.0432. The number of hydrogen-bond donors (Lipinski definition) is 1. The van der Waals surface area contributed by atoms with Crippen LogP contribution in [0.3, 0.4) is 0 Å². The highest BCUT2D eigenvalue weighted by molar-refractivity contribution is 7.99. The first-order chi connectivity index (χ1) is 12.7. The van der Waals surface area contributed by atoms with E-state index in [-0.39, 0.29) is 17.9 Å². The minimum Gasteiger partial charge on any atom is -0.349 e. The molecule has 0 saturated carbocycles. The van der Waals surface area contributed by atoms with Crippen LogP contribution in [0.5, 0.6) is 0 Å². The summed E-state index contributed by atoms with van der Waals surface area (Å²) in [6.45, 7) is 0.789. The Morgan fingerprint density at radius 1 is 1.15 bits per heavy atom. The highest BCUT2D eigenvalue weighted by Gasteiger charge is 2.23. The van der Waals surface area contributed by atoms with Crippen LogP contribution in [0.1, 0.15) is 36.4 Å². The van der Waals surface area contributed by atoms with E-state index in [4.69, 9.17) is 0 Å². The summed E-state index contributed by atoms with van der Waals surface area (Å²) < 4.78 is 0. The van der Waals surface area contributed by atoms with Crippen molar-refractivity contribution in [2.45, 2.75) is 36.6 Å². The molecule has 0 radical (unpaired) electrons. The standard InChI is InChI=1S/C21H22N2O2S/c24-20(22-18-11-13-26-19-5-2-1-4-17(18)19)14-15-7-9-16(10-8-15)23-12-3-6-21(23)25/h1-2,4-5,7-10,18H,3,6,11-14H2,(H,22,24)/t18-/m0/s1. The van der Waals surface area contributed by atoms with E-state index in [1.165, 1.54) is 10.5 Å². The van der Waals surface area contributed by atoms with Crippen molar-refractivity contribution in [2.24, 2.45) is 0 Å². The molecule has 1 atom stereocenters. The average Bonchev–Trinajstić information content (AvgIpc) is 3.09. The van der Waals surface area contributed by atoms with Crippen LogP contribution < -0.4 is 10.2 Å². The van der Waals surface area contributed by atoms with E-state index in [1.807, 2.05) is 53.1 Å². The van der Waals surface area contributed by atoms with Gasteiger partial charge < -0.3 is 10.2 Å². The van der Waals surface area contributed by atoms with E-state index in [0.29, 0.717) is 12.8 Å². The number of amides is 2. The molecule has 5 heteroatoms. The maximum Gasteiger partial charge on any atom is 0.227 e. The van der Waals surface area contributed by atoms with Crippen molar-refractivity contribution in [3.63, 3.8) is 0 Å². The Morgan fingerprint density at radius 2 is 1.96 bits per heavy atom. The number of anilines is 1. The predicted molar refractivity (Wildman–Crippen MR) is 104 cm³/mol. The van der Waals surface area contributed by atoms with Gasteiger partial charge in [-0.2, -0.15) is 0 Å². The summed E-state index contributed by atoms with van der Waals surface area (Å²) in [7, 11) is 0. The molecule has 2 amide bonds. The molecule has 1 saturated heterocycles. The zero-order valence-corrected chi connectivity index (χ0v) is 15.4. The van der Waals surface area contributed by atoms with Crippen LogP contribution >= 0.6 is 11.8 Å². The Kier molecular flexibility index (Phi) is 4.98. The van der Waals surface area contributed by atoms with Crippen LogP contribution in [0.25, 0.3) is 0 Å². The first-order valence-corrected chi connectivity index (χ1v) is 10.1. The molecule has 2 heterocycles. The summed E-state index contributed by atoms with van der Waals surface area (Å²) in [5.41, 5.74) is 3.12. The van der Waals surface area contributed by atoms with Gasteiger partial charge in [0.05, 0.1) is 12.5 Å². The zero-order chi connectivity index (χ0) is 17.9. The SMILES string of the molecule is O=C(Cc1ccc(N2CCCC2=O)cc1)N[C@H]1CCSc2ccccc21. The third-order valence-corrected chi connectivity index (χ3v) is 6.10. The van der Waals surface area contributed by atoms with Gasteiger partial charge in [-0.25, -0.2) is 0 Å². The number of fused-ring (bicyclic) bond motifs is 1. The Balaban J connectivity index is 1.39. The molecular formula is C21H22N2O2S. The molecule has 2 aromatic rings. The molecule has 2 aliphatic heterocycles. The van der Waals surface area contributed by atoms with Gasteiger partial charge in [0.1, 0.15) is 0 Å². The number of thioether (sulfide) groups is 1. The van der Waals surface area contributed by atoms with Gasteiger partial charge in [0.15, 0.2) is 0 Å². The fourth-order valence-corrected chi connectivity index (χ4v) is 4.76. The minimum atomic E-state index is 0.0432. The average molecular weight is 366 g/mol. The molecule has 0 spiro atoms. The van der Waals surface area contributed by atoms with E-state index >= 15 is 0 Å². The van der Waals surface area contributed by atoms with Crippen molar-refractivity contribution in [3.05, 3.63) is 59.7 Å². The lowest BCUT2D eigenvalue weighted by atomic mass is 10.0. The lowest BCUT2D eigenvalue weighted by Crippen LogP contribution is -2.31. The highest BCUT2D eigenvalue weighted by atomic mass is 32.2. The maximum atomic E-state index is 12.5. The van der Waals surface area contributed by atoms with Crippen molar-refractivity contribution >= 4 is 29.3 Å². The number of rotatable bonds is 4. The fourth-order valence-electron chi connectivity index (χ4n) is 3.64. The number of carbonyl (C=O) groups is 2. The molecule has 134 valence electrons. The molecule has 0 bridgehead atoms. The van der Waals surface area contributed by atoms with Crippen LogP contribution in [-0.4, -0.2) is 24.1 Å². The van der Waals surface area contributed by atoms with Crippen molar-refractivity contribution in [1.82, 2.24) is 5.32 Å². The Labute approximate surface area is 158 Å². The van der Waals surface area contributed by atoms with Gasteiger partial charge in [-0.3, -0.25) is 9.59 Å².